The normalized spacial score (nSPS) is 16.0. The van der Waals surface area contributed by atoms with Crippen molar-refractivity contribution in [2.75, 3.05) is 0 Å². The number of amides is 1. The summed E-state index contributed by atoms with van der Waals surface area (Å²) >= 11 is 0. The first-order valence-corrected chi connectivity index (χ1v) is 7.71. The summed E-state index contributed by atoms with van der Waals surface area (Å²) in [6.07, 6.45) is 3.08. The molecule has 1 aliphatic rings. The quantitative estimate of drug-likeness (QED) is 0.498. The number of nitrogens with one attached hydrogen (secondary N) is 2. The average Bonchev–Trinajstić information content (AvgIpc) is 2.67. The molecule has 3 aromatic rings. The second kappa shape index (κ2) is 6.09. The number of amidine groups is 1. The van der Waals surface area contributed by atoms with Crippen molar-refractivity contribution in [3.63, 3.8) is 0 Å². The number of hydrazone groups is 1. The molecule has 25 heavy (non-hydrogen) atoms. The lowest BCUT2D eigenvalue weighted by Gasteiger charge is -2.19. The van der Waals surface area contributed by atoms with Gasteiger partial charge in [0.05, 0.1) is 0 Å². The number of pyridine rings is 1. The minimum Gasteiger partial charge on any atom is -0.505 e. The molecule has 6 nitrogen and oxygen atoms in total. The number of hydrogen-bond acceptors (Lipinski definition) is 5. The zero-order valence-corrected chi connectivity index (χ0v) is 13.1. The topological polar surface area (TPSA) is 86.6 Å². The molecule has 1 amide bonds. The van der Waals surface area contributed by atoms with Crippen molar-refractivity contribution in [2.24, 2.45) is 5.10 Å². The Morgan fingerprint density at radius 3 is 2.52 bits per heavy atom. The summed E-state index contributed by atoms with van der Waals surface area (Å²) in [7, 11) is 0. The smallest absolute Gasteiger partial charge is 0.278 e. The Kier molecular flexibility index (Phi) is 3.63. The second-order valence-electron chi connectivity index (χ2n) is 5.51. The van der Waals surface area contributed by atoms with E-state index in [0.717, 1.165) is 16.3 Å². The summed E-state index contributed by atoms with van der Waals surface area (Å²) in [5.41, 5.74) is 3.95. The number of fused-ring (bicyclic) bond motifs is 1. The Hall–Kier alpha value is -3.67. The third kappa shape index (κ3) is 2.70. The van der Waals surface area contributed by atoms with Gasteiger partial charge in [0, 0.05) is 23.5 Å². The Labute approximate surface area is 143 Å². The molecule has 0 spiro atoms. The Balaban J connectivity index is 1.74. The minimum atomic E-state index is -0.452. The molecule has 1 aromatic heterocycles. The molecule has 0 saturated heterocycles. The van der Waals surface area contributed by atoms with Crippen molar-refractivity contribution >= 4 is 28.3 Å². The van der Waals surface area contributed by atoms with Crippen LogP contribution in [0.25, 0.3) is 16.5 Å². The fourth-order valence-electron chi connectivity index (χ4n) is 2.73. The van der Waals surface area contributed by atoms with Gasteiger partial charge >= 0.3 is 0 Å². The summed E-state index contributed by atoms with van der Waals surface area (Å²) in [4.78, 5) is 16.3. The summed E-state index contributed by atoms with van der Waals surface area (Å²) in [5.74, 6) is -0.221. The van der Waals surface area contributed by atoms with Gasteiger partial charge in [-0.15, -0.1) is 0 Å². The van der Waals surface area contributed by atoms with Crippen LogP contribution in [0.15, 0.2) is 77.8 Å². The Bertz CT molecular complexity index is 1020. The highest BCUT2D eigenvalue weighted by atomic mass is 16.3. The fraction of sp³-hybridized carbons (Fsp3) is 0. The van der Waals surface area contributed by atoms with E-state index in [-0.39, 0.29) is 11.5 Å². The third-order valence-electron chi connectivity index (χ3n) is 3.97. The Morgan fingerprint density at radius 2 is 1.72 bits per heavy atom. The molecule has 4 rings (SSSR count). The van der Waals surface area contributed by atoms with Crippen molar-refractivity contribution in [2.45, 2.75) is 0 Å². The number of benzene rings is 2. The van der Waals surface area contributed by atoms with Crippen LogP contribution in [0.3, 0.4) is 0 Å². The summed E-state index contributed by atoms with van der Waals surface area (Å²) in [5, 5.41) is 19.3. The van der Waals surface area contributed by atoms with E-state index in [2.05, 4.69) is 20.8 Å². The van der Waals surface area contributed by atoms with Crippen LogP contribution in [0.1, 0.15) is 11.1 Å². The van der Waals surface area contributed by atoms with Gasteiger partial charge in [0.15, 0.2) is 17.3 Å². The maximum absolute atomic E-state index is 12.4. The molecule has 0 bridgehead atoms. The van der Waals surface area contributed by atoms with Gasteiger partial charge in [-0.2, -0.15) is 5.10 Å². The Morgan fingerprint density at radius 1 is 0.960 bits per heavy atom. The van der Waals surface area contributed by atoms with E-state index in [4.69, 9.17) is 0 Å². The predicted molar refractivity (Wildman–Crippen MR) is 95.5 cm³/mol. The van der Waals surface area contributed by atoms with E-state index in [0.29, 0.717) is 11.4 Å². The number of aliphatic hydroxyl groups is 1. The molecule has 0 saturated carbocycles. The predicted octanol–water partition coefficient (Wildman–Crippen LogP) is 2.54. The van der Waals surface area contributed by atoms with E-state index >= 15 is 0 Å². The summed E-state index contributed by atoms with van der Waals surface area (Å²) in [6, 6.07) is 16.9. The van der Waals surface area contributed by atoms with E-state index in [1.54, 1.807) is 12.1 Å². The average molecular weight is 330 g/mol. The van der Waals surface area contributed by atoms with E-state index < -0.39 is 5.91 Å². The standard InChI is InChI=1S/C19H14N4O2/c24-17(13-8-10-20-11-9-13)16-19(25)21-18(23-22-16)15-7-3-5-12-4-1-2-6-14(12)15/h1-11,22,24H,(H,21,23,25)/b17-16+. The van der Waals surface area contributed by atoms with Gasteiger partial charge in [0.2, 0.25) is 0 Å². The molecule has 1 aliphatic heterocycles. The zero-order valence-electron chi connectivity index (χ0n) is 13.1. The fourth-order valence-corrected chi connectivity index (χ4v) is 2.73. The van der Waals surface area contributed by atoms with Crippen LogP contribution in [-0.4, -0.2) is 21.8 Å². The molecule has 2 aromatic carbocycles. The van der Waals surface area contributed by atoms with Crippen LogP contribution in [0.2, 0.25) is 0 Å². The van der Waals surface area contributed by atoms with Gasteiger partial charge in [0.25, 0.3) is 5.91 Å². The highest BCUT2D eigenvalue weighted by molar-refractivity contribution is 6.19. The van der Waals surface area contributed by atoms with Crippen molar-refractivity contribution in [1.29, 1.82) is 0 Å². The first kappa shape index (κ1) is 14.9. The third-order valence-corrected chi connectivity index (χ3v) is 3.97. The van der Waals surface area contributed by atoms with Crippen LogP contribution in [0.5, 0.6) is 0 Å². The molecule has 122 valence electrons. The van der Waals surface area contributed by atoms with Gasteiger partial charge < -0.3 is 10.4 Å². The van der Waals surface area contributed by atoms with Crippen LogP contribution in [0, 0.1) is 0 Å². The molecule has 6 heteroatoms. The molecular weight excluding hydrogens is 316 g/mol. The molecular formula is C19H14N4O2. The molecule has 0 unspecified atom stereocenters. The highest BCUT2D eigenvalue weighted by Gasteiger charge is 2.23. The molecule has 0 atom stereocenters. The number of rotatable bonds is 2. The van der Waals surface area contributed by atoms with Gasteiger partial charge in [-0.25, -0.2) is 0 Å². The number of hydrogen-bond donors (Lipinski definition) is 3. The summed E-state index contributed by atoms with van der Waals surface area (Å²) < 4.78 is 0. The van der Waals surface area contributed by atoms with Crippen LogP contribution in [0.4, 0.5) is 0 Å². The molecule has 0 radical (unpaired) electrons. The monoisotopic (exact) mass is 330 g/mol. The summed E-state index contributed by atoms with van der Waals surface area (Å²) in [6.45, 7) is 0. The van der Waals surface area contributed by atoms with E-state index in [1.165, 1.54) is 12.4 Å². The second-order valence-corrected chi connectivity index (χ2v) is 5.51. The maximum atomic E-state index is 12.4. The number of carbonyl (C=O) groups is 1. The van der Waals surface area contributed by atoms with Gasteiger partial charge in [0.1, 0.15) is 0 Å². The zero-order chi connectivity index (χ0) is 17.2. The first-order valence-electron chi connectivity index (χ1n) is 7.71. The molecule has 0 fully saturated rings. The van der Waals surface area contributed by atoms with Gasteiger partial charge in [-0.05, 0) is 22.9 Å². The van der Waals surface area contributed by atoms with Gasteiger partial charge in [-0.3, -0.25) is 15.2 Å². The SMILES string of the molecule is O=C1NC(c2cccc3ccccc23)=NN/C1=C(/O)c1ccncc1. The van der Waals surface area contributed by atoms with E-state index in [9.17, 15) is 9.90 Å². The largest absolute Gasteiger partial charge is 0.505 e. The maximum Gasteiger partial charge on any atom is 0.278 e. The van der Waals surface area contributed by atoms with Crippen LogP contribution >= 0.6 is 0 Å². The molecule has 2 heterocycles. The first-order chi connectivity index (χ1) is 12.2. The lowest BCUT2D eigenvalue weighted by Crippen LogP contribution is -2.42. The lowest BCUT2D eigenvalue weighted by molar-refractivity contribution is -0.116. The van der Waals surface area contributed by atoms with Crippen molar-refractivity contribution in [1.82, 2.24) is 15.7 Å². The molecule has 3 N–H and O–H groups in total. The number of carbonyl (C=O) groups excluding carboxylic acids is 1. The van der Waals surface area contributed by atoms with Crippen molar-refractivity contribution in [3.05, 3.63) is 83.8 Å². The number of aliphatic hydroxyl groups excluding tert-OH is 1. The molecule has 0 aliphatic carbocycles. The number of aromatic nitrogens is 1. The van der Waals surface area contributed by atoms with Crippen LogP contribution < -0.4 is 10.7 Å². The minimum absolute atomic E-state index is 0.00446. The van der Waals surface area contributed by atoms with Crippen LogP contribution in [-0.2, 0) is 4.79 Å². The van der Waals surface area contributed by atoms with Gasteiger partial charge in [-0.1, -0.05) is 42.5 Å². The van der Waals surface area contributed by atoms with E-state index in [1.807, 2.05) is 42.5 Å². The lowest BCUT2D eigenvalue weighted by atomic mass is 10.0. The number of nitrogens with zero attached hydrogens (tertiary/aromatic N) is 2. The van der Waals surface area contributed by atoms with Crippen molar-refractivity contribution in [3.8, 4) is 0 Å². The highest BCUT2D eigenvalue weighted by Crippen LogP contribution is 2.21. The van der Waals surface area contributed by atoms with Crippen molar-refractivity contribution < 1.29 is 9.90 Å².